The van der Waals surface area contributed by atoms with Gasteiger partial charge in [-0.3, -0.25) is 4.79 Å². The summed E-state index contributed by atoms with van der Waals surface area (Å²) in [4.78, 5) is 12.1. The van der Waals surface area contributed by atoms with Gasteiger partial charge < -0.3 is 0 Å². The molecule has 0 radical (unpaired) electrons. The molecular formula is C15H15N3O. The van der Waals surface area contributed by atoms with E-state index in [4.69, 9.17) is 5.26 Å². The standard InChI is InChI=1S/C15H15N3O/c1-10-4-6-13(7-5-10)9-18-15(19)14(8-16)11(2)12(3)17-18/h4-7H,9H2,1-3H3. The molecule has 0 fully saturated rings. The summed E-state index contributed by atoms with van der Waals surface area (Å²) in [6, 6.07) is 9.88. The highest BCUT2D eigenvalue weighted by molar-refractivity contribution is 5.36. The minimum absolute atomic E-state index is 0.180. The fourth-order valence-corrected chi connectivity index (χ4v) is 1.88. The molecule has 0 bridgehead atoms. The second-order valence-electron chi connectivity index (χ2n) is 4.65. The van der Waals surface area contributed by atoms with E-state index in [0.29, 0.717) is 17.8 Å². The summed E-state index contributed by atoms with van der Waals surface area (Å²) >= 11 is 0. The smallest absolute Gasteiger partial charge is 0.266 e. The van der Waals surface area contributed by atoms with Gasteiger partial charge in [-0.05, 0) is 31.9 Å². The van der Waals surface area contributed by atoms with Gasteiger partial charge in [-0.25, -0.2) is 4.68 Å². The lowest BCUT2D eigenvalue weighted by Crippen LogP contribution is -2.27. The van der Waals surface area contributed by atoms with Crippen LogP contribution in [0.15, 0.2) is 29.1 Å². The molecule has 1 aromatic carbocycles. The Morgan fingerprint density at radius 2 is 1.84 bits per heavy atom. The molecule has 1 aromatic heterocycles. The highest BCUT2D eigenvalue weighted by Crippen LogP contribution is 2.07. The molecule has 19 heavy (non-hydrogen) atoms. The molecule has 2 rings (SSSR count). The Morgan fingerprint density at radius 3 is 2.42 bits per heavy atom. The normalized spacial score (nSPS) is 10.2. The molecule has 2 aromatic rings. The fourth-order valence-electron chi connectivity index (χ4n) is 1.88. The van der Waals surface area contributed by atoms with Crippen molar-refractivity contribution in [3.63, 3.8) is 0 Å². The lowest BCUT2D eigenvalue weighted by Gasteiger charge is -2.09. The average Bonchev–Trinajstić information content (AvgIpc) is 2.39. The van der Waals surface area contributed by atoms with Crippen molar-refractivity contribution in [1.29, 1.82) is 5.26 Å². The number of aromatic nitrogens is 2. The monoisotopic (exact) mass is 253 g/mol. The van der Waals surface area contributed by atoms with Crippen LogP contribution in [-0.4, -0.2) is 9.78 Å². The third-order valence-electron chi connectivity index (χ3n) is 3.20. The van der Waals surface area contributed by atoms with E-state index < -0.39 is 0 Å². The van der Waals surface area contributed by atoms with Crippen molar-refractivity contribution in [2.75, 3.05) is 0 Å². The van der Waals surface area contributed by atoms with Crippen LogP contribution in [0.1, 0.15) is 27.9 Å². The van der Waals surface area contributed by atoms with E-state index in [9.17, 15) is 4.79 Å². The molecule has 0 saturated carbocycles. The largest absolute Gasteiger partial charge is 0.285 e. The Kier molecular flexibility index (Phi) is 3.48. The van der Waals surface area contributed by atoms with Crippen LogP contribution in [0.3, 0.4) is 0 Å². The van der Waals surface area contributed by atoms with Gasteiger partial charge in [0.2, 0.25) is 0 Å². The molecule has 0 N–H and O–H groups in total. The van der Waals surface area contributed by atoms with Crippen LogP contribution in [0.2, 0.25) is 0 Å². The number of hydrogen-bond acceptors (Lipinski definition) is 3. The average molecular weight is 253 g/mol. The lowest BCUT2D eigenvalue weighted by molar-refractivity contribution is 0.622. The molecule has 1 heterocycles. The molecule has 4 nitrogen and oxygen atoms in total. The lowest BCUT2D eigenvalue weighted by atomic mass is 10.1. The molecule has 96 valence electrons. The van der Waals surface area contributed by atoms with Crippen molar-refractivity contribution in [2.45, 2.75) is 27.3 Å². The molecule has 0 aliphatic carbocycles. The minimum Gasteiger partial charge on any atom is -0.266 e. The van der Waals surface area contributed by atoms with Crippen molar-refractivity contribution in [3.8, 4) is 6.07 Å². The van der Waals surface area contributed by atoms with Crippen molar-refractivity contribution < 1.29 is 0 Å². The van der Waals surface area contributed by atoms with Gasteiger partial charge in [-0.2, -0.15) is 10.4 Å². The summed E-state index contributed by atoms with van der Waals surface area (Å²) in [7, 11) is 0. The first kappa shape index (κ1) is 13.0. The quantitative estimate of drug-likeness (QED) is 0.823. The summed E-state index contributed by atoms with van der Waals surface area (Å²) < 4.78 is 1.35. The van der Waals surface area contributed by atoms with E-state index in [-0.39, 0.29) is 11.1 Å². The summed E-state index contributed by atoms with van der Waals surface area (Å²) in [5.74, 6) is 0. The van der Waals surface area contributed by atoms with Crippen LogP contribution in [0, 0.1) is 32.1 Å². The molecule has 0 spiro atoms. The third-order valence-corrected chi connectivity index (χ3v) is 3.20. The van der Waals surface area contributed by atoms with Crippen LogP contribution >= 0.6 is 0 Å². The second-order valence-corrected chi connectivity index (χ2v) is 4.65. The number of aryl methyl sites for hydroxylation is 2. The maximum atomic E-state index is 12.1. The fraction of sp³-hybridized carbons (Fsp3) is 0.267. The highest BCUT2D eigenvalue weighted by Gasteiger charge is 2.11. The third kappa shape index (κ3) is 2.55. The number of benzene rings is 1. The van der Waals surface area contributed by atoms with Crippen molar-refractivity contribution >= 4 is 0 Å². The first-order valence-electron chi connectivity index (χ1n) is 6.07. The van der Waals surface area contributed by atoms with E-state index in [0.717, 1.165) is 5.56 Å². The van der Waals surface area contributed by atoms with Gasteiger partial charge in [0, 0.05) is 0 Å². The molecule has 0 saturated heterocycles. The molecule has 0 unspecified atom stereocenters. The van der Waals surface area contributed by atoms with Crippen LogP contribution < -0.4 is 5.56 Å². The van der Waals surface area contributed by atoms with E-state index in [1.165, 1.54) is 10.2 Å². The highest BCUT2D eigenvalue weighted by atomic mass is 16.1. The Balaban J connectivity index is 2.47. The topological polar surface area (TPSA) is 58.7 Å². The van der Waals surface area contributed by atoms with E-state index in [1.807, 2.05) is 37.3 Å². The summed E-state index contributed by atoms with van der Waals surface area (Å²) in [6.45, 7) is 5.95. The molecule has 0 amide bonds. The van der Waals surface area contributed by atoms with Gasteiger partial charge in [0.15, 0.2) is 0 Å². The van der Waals surface area contributed by atoms with Crippen LogP contribution in [0.4, 0.5) is 0 Å². The number of nitriles is 1. The molecule has 0 aliphatic heterocycles. The Bertz CT molecular complexity index is 706. The van der Waals surface area contributed by atoms with Crippen LogP contribution in [0.5, 0.6) is 0 Å². The van der Waals surface area contributed by atoms with Gasteiger partial charge >= 0.3 is 0 Å². The van der Waals surface area contributed by atoms with Crippen molar-refractivity contribution in [1.82, 2.24) is 9.78 Å². The zero-order valence-corrected chi connectivity index (χ0v) is 11.3. The predicted octanol–water partition coefficient (Wildman–Crippen LogP) is 2.09. The van der Waals surface area contributed by atoms with Gasteiger partial charge in [0.1, 0.15) is 11.6 Å². The Morgan fingerprint density at radius 1 is 1.21 bits per heavy atom. The maximum absolute atomic E-state index is 12.1. The van der Waals surface area contributed by atoms with E-state index >= 15 is 0 Å². The maximum Gasteiger partial charge on any atom is 0.285 e. The summed E-state index contributed by atoms with van der Waals surface area (Å²) in [6.07, 6.45) is 0. The van der Waals surface area contributed by atoms with Crippen LogP contribution in [0.25, 0.3) is 0 Å². The van der Waals surface area contributed by atoms with Gasteiger partial charge in [0.05, 0.1) is 12.2 Å². The SMILES string of the molecule is Cc1ccc(Cn2nc(C)c(C)c(C#N)c2=O)cc1. The van der Waals surface area contributed by atoms with Crippen molar-refractivity contribution in [3.05, 3.63) is 62.6 Å². The van der Waals surface area contributed by atoms with Gasteiger partial charge in [-0.15, -0.1) is 0 Å². The van der Waals surface area contributed by atoms with Crippen LogP contribution in [-0.2, 0) is 6.54 Å². The zero-order valence-electron chi connectivity index (χ0n) is 11.3. The molecule has 0 aliphatic rings. The van der Waals surface area contributed by atoms with Crippen molar-refractivity contribution in [2.24, 2.45) is 0 Å². The number of rotatable bonds is 2. The number of nitrogens with zero attached hydrogens (tertiary/aromatic N) is 3. The van der Waals surface area contributed by atoms with Gasteiger partial charge in [0.25, 0.3) is 5.56 Å². The summed E-state index contributed by atoms with van der Waals surface area (Å²) in [5, 5.41) is 13.3. The second kappa shape index (κ2) is 5.07. The van der Waals surface area contributed by atoms with Gasteiger partial charge in [-0.1, -0.05) is 29.8 Å². The number of hydrogen-bond donors (Lipinski definition) is 0. The minimum atomic E-state index is -0.328. The Hall–Kier alpha value is -2.41. The molecular weight excluding hydrogens is 238 g/mol. The first-order chi connectivity index (χ1) is 9.02. The van der Waals surface area contributed by atoms with E-state index in [1.54, 1.807) is 13.8 Å². The predicted molar refractivity (Wildman–Crippen MR) is 73.0 cm³/mol. The first-order valence-corrected chi connectivity index (χ1v) is 6.07. The summed E-state index contributed by atoms with van der Waals surface area (Å²) in [5.41, 5.74) is 3.39. The van der Waals surface area contributed by atoms with E-state index in [2.05, 4.69) is 5.10 Å². The zero-order chi connectivity index (χ0) is 14.0. The Labute approximate surface area is 111 Å². The molecule has 4 heteroatoms. The molecule has 0 atom stereocenters.